The minimum Gasteiger partial charge on any atom is -0.443 e. The molecule has 1 aromatic rings. The third kappa shape index (κ3) is 2.87. The van der Waals surface area contributed by atoms with Gasteiger partial charge in [0.2, 0.25) is 0 Å². The largest absolute Gasteiger partial charge is 0.443 e. The molecule has 1 aliphatic rings. The number of hydrogen-bond donors (Lipinski definition) is 1. The highest BCUT2D eigenvalue weighted by Crippen LogP contribution is 2.28. The van der Waals surface area contributed by atoms with E-state index >= 15 is 0 Å². The highest BCUT2D eigenvalue weighted by Gasteiger charge is 2.26. The summed E-state index contributed by atoms with van der Waals surface area (Å²) < 4.78 is 5.62. The summed E-state index contributed by atoms with van der Waals surface area (Å²) in [6.07, 6.45) is 3.40. The standard InChI is InChI=1S/C13H22N2O2/c1-9(2)15-6-4-5-11(8-15)13-14-7-12(17-13)10(3)16/h7,9-11,16H,4-6,8H2,1-3H3. The summed E-state index contributed by atoms with van der Waals surface area (Å²) in [7, 11) is 0. The van der Waals surface area contributed by atoms with Gasteiger partial charge in [0.25, 0.3) is 0 Å². The second-order valence-corrected chi connectivity index (χ2v) is 5.20. The number of oxazole rings is 1. The first-order valence-corrected chi connectivity index (χ1v) is 6.45. The molecule has 2 unspecified atom stereocenters. The lowest BCUT2D eigenvalue weighted by Gasteiger charge is -2.34. The Morgan fingerprint density at radius 2 is 2.24 bits per heavy atom. The van der Waals surface area contributed by atoms with Crippen LogP contribution < -0.4 is 0 Å². The summed E-state index contributed by atoms with van der Waals surface area (Å²) >= 11 is 0. The summed E-state index contributed by atoms with van der Waals surface area (Å²) in [4.78, 5) is 6.76. The number of likely N-dealkylation sites (tertiary alicyclic amines) is 1. The lowest BCUT2D eigenvalue weighted by Crippen LogP contribution is -2.39. The molecule has 1 aliphatic heterocycles. The maximum atomic E-state index is 9.43. The lowest BCUT2D eigenvalue weighted by molar-refractivity contribution is 0.144. The average molecular weight is 238 g/mol. The first kappa shape index (κ1) is 12.6. The van der Waals surface area contributed by atoms with Crippen LogP contribution in [-0.4, -0.2) is 34.1 Å². The molecule has 96 valence electrons. The number of nitrogens with zero attached hydrogens (tertiary/aromatic N) is 2. The molecule has 0 aliphatic carbocycles. The number of piperidine rings is 1. The third-order valence-corrected chi connectivity index (χ3v) is 3.49. The van der Waals surface area contributed by atoms with E-state index in [4.69, 9.17) is 4.42 Å². The van der Waals surface area contributed by atoms with Crippen molar-refractivity contribution in [1.29, 1.82) is 0 Å². The Bertz CT molecular complexity index is 360. The van der Waals surface area contributed by atoms with Gasteiger partial charge in [-0.25, -0.2) is 4.98 Å². The van der Waals surface area contributed by atoms with Gasteiger partial charge in [-0.15, -0.1) is 0 Å². The summed E-state index contributed by atoms with van der Waals surface area (Å²) in [6, 6.07) is 0.573. The van der Waals surface area contributed by atoms with E-state index in [-0.39, 0.29) is 0 Å². The van der Waals surface area contributed by atoms with Gasteiger partial charge in [0.05, 0.1) is 6.20 Å². The van der Waals surface area contributed by atoms with E-state index in [1.165, 1.54) is 6.42 Å². The minimum absolute atomic E-state index is 0.374. The Kier molecular flexibility index (Phi) is 3.84. The normalized spacial score (nSPS) is 24.2. The minimum atomic E-state index is -0.568. The Balaban J connectivity index is 2.05. The molecule has 2 atom stereocenters. The van der Waals surface area contributed by atoms with Crippen molar-refractivity contribution in [3.05, 3.63) is 17.8 Å². The van der Waals surface area contributed by atoms with Gasteiger partial charge in [0.15, 0.2) is 11.7 Å². The fourth-order valence-electron chi connectivity index (χ4n) is 2.36. The highest BCUT2D eigenvalue weighted by molar-refractivity contribution is 5.03. The Hall–Kier alpha value is -0.870. The zero-order valence-electron chi connectivity index (χ0n) is 10.9. The predicted molar refractivity (Wildman–Crippen MR) is 65.8 cm³/mol. The van der Waals surface area contributed by atoms with Gasteiger partial charge in [-0.3, -0.25) is 0 Å². The average Bonchev–Trinajstić information content (AvgIpc) is 2.78. The van der Waals surface area contributed by atoms with Crippen molar-refractivity contribution in [2.75, 3.05) is 13.1 Å². The molecular formula is C13H22N2O2. The summed E-state index contributed by atoms with van der Waals surface area (Å²) in [5, 5.41) is 9.43. The van der Waals surface area contributed by atoms with Crippen LogP contribution in [0.4, 0.5) is 0 Å². The summed E-state index contributed by atoms with van der Waals surface area (Å²) in [5.74, 6) is 1.73. The molecule has 0 amide bonds. The molecule has 0 bridgehead atoms. The molecule has 1 N–H and O–H groups in total. The van der Waals surface area contributed by atoms with Crippen LogP contribution in [0.5, 0.6) is 0 Å². The van der Waals surface area contributed by atoms with Crippen LogP contribution in [-0.2, 0) is 0 Å². The van der Waals surface area contributed by atoms with E-state index < -0.39 is 6.10 Å². The zero-order valence-corrected chi connectivity index (χ0v) is 10.9. The molecule has 0 radical (unpaired) electrons. The molecule has 1 saturated heterocycles. The van der Waals surface area contributed by atoms with Crippen molar-refractivity contribution in [2.24, 2.45) is 0 Å². The SMILES string of the molecule is CC(O)c1cnc(C2CCCN(C(C)C)C2)o1. The molecule has 2 rings (SSSR count). The maximum Gasteiger partial charge on any atom is 0.198 e. The van der Waals surface area contributed by atoms with Gasteiger partial charge in [0, 0.05) is 18.5 Å². The van der Waals surface area contributed by atoms with Crippen LogP contribution in [0, 0.1) is 0 Å². The van der Waals surface area contributed by atoms with Crippen molar-refractivity contribution >= 4 is 0 Å². The number of rotatable bonds is 3. The van der Waals surface area contributed by atoms with Crippen LogP contribution >= 0.6 is 0 Å². The Labute approximate surface area is 103 Å². The van der Waals surface area contributed by atoms with E-state index in [1.54, 1.807) is 13.1 Å². The van der Waals surface area contributed by atoms with Gasteiger partial charge in [0.1, 0.15) is 6.10 Å². The molecular weight excluding hydrogens is 216 g/mol. The number of hydrogen-bond acceptors (Lipinski definition) is 4. The molecule has 2 heterocycles. The molecule has 17 heavy (non-hydrogen) atoms. The molecule has 0 aromatic carbocycles. The molecule has 0 spiro atoms. The fourth-order valence-corrected chi connectivity index (χ4v) is 2.36. The topological polar surface area (TPSA) is 49.5 Å². The van der Waals surface area contributed by atoms with E-state index in [1.807, 2.05) is 0 Å². The third-order valence-electron chi connectivity index (χ3n) is 3.49. The number of aliphatic hydroxyl groups excluding tert-OH is 1. The van der Waals surface area contributed by atoms with Crippen LogP contribution in [0.2, 0.25) is 0 Å². The smallest absolute Gasteiger partial charge is 0.198 e. The van der Waals surface area contributed by atoms with Crippen LogP contribution in [0.15, 0.2) is 10.6 Å². The van der Waals surface area contributed by atoms with Gasteiger partial charge in [-0.05, 0) is 40.2 Å². The molecule has 4 nitrogen and oxygen atoms in total. The van der Waals surface area contributed by atoms with E-state index in [0.29, 0.717) is 17.7 Å². The second kappa shape index (κ2) is 5.19. The van der Waals surface area contributed by atoms with Crippen molar-refractivity contribution in [1.82, 2.24) is 9.88 Å². The van der Waals surface area contributed by atoms with E-state index in [9.17, 15) is 5.11 Å². The monoisotopic (exact) mass is 238 g/mol. The van der Waals surface area contributed by atoms with Crippen LogP contribution in [0.3, 0.4) is 0 Å². The second-order valence-electron chi connectivity index (χ2n) is 5.20. The van der Waals surface area contributed by atoms with Crippen LogP contribution in [0.1, 0.15) is 57.3 Å². The van der Waals surface area contributed by atoms with Gasteiger partial charge in [-0.2, -0.15) is 0 Å². The van der Waals surface area contributed by atoms with Crippen LogP contribution in [0.25, 0.3) is 0 Å². The van der Waals surface area contributed by atoms with Gasteiger partial charge < -0.3 is 14.4 Å². The van der Waals surface area contributed by atoms with Crippen molar-refractivity contribution in [3.63, 3.8) is 0 Å². The lowest BCUT2D eigenvalue weighted by atomic mass is 9.97. The van der Waals surface area contributed by atoms with Crippen molar-refractivity contribution in [3.8, 4) is 0 Å². The number of aliphatic hydroxyl groups is 1. The molecule has 0 saturated carbocycles. The zero-order chi connectivity index (χ0) is 12.4. The first-order chi connectivity index (χ1) is 8.08. The summed E-state index contributed by atoms with van der Waals surface area (Å²) in [5.41, 5.74) is 0. The Morgan fingerprint density at radius 3 is 2.82 bits per heavy atom. The molecule has 1 aromatic heterocycles. The summed E-state index contributed by atoms with van der Waals surface area (Å²) in [6.45, 7) is 8.32. The predicted octanol–water partition coefficient (Wildman–Crippen LogP) is 2.32. The Morgan fingerprint density at radius 1 is 1.47 bits per heavy atom. The fraction of sp³-hybridized carbons (Fsp3) is 0.769. The van der Waals surface area contributed by atoms with E-state index in [0.717, 1.165) is 25.4 Å². The van der Waals surface area contributed by atoms with Gasteiger partial charge >= 0.3 is 0 Å². The quantitative estimate of drug-likeness (QED) is 0.878. The first-order valence-electron chi connectivity index (χ1n) is 6.45. The van der Waals surface area contributed by atoms with Crippen molar-refractivity contribution < 1.29 is 9.52 Å². The molecule has 1 fully saturated rings. The van der Waals surface area contributed by atoms with E-state index in [2.05, 4.69) is 23.7 Å². The van der Waals surface area contributed by atoms with Crippen molar-refractivity contribution in [2.45, 2.75) is 51.7 Å². The number of aromatic nitrogens is 1. The maximum absolute atomic E-state index is 9.43. The molecule has 4 heteroatoms. The highest BCUT2D eigenvalue weighted by atomic mass is 16.4. The van der Waals surface area contributed by atoms with Gasteiger partial charge in [-0.1, -0.05) is 0 Å².